The zero-order chi connectivity index (χ0) is 13.0. The highest BCUT2D eigenvalue weighted by Gasteiger charge is 2.08. The molecule has 3 heteroatoms. The van der Waals surface area contributed by atoms with Crippen LogP contribution in [0, 0.1) is 0 Å². The fourth-order valence-electron chi connectivity index (χ4n) is 2.29. The molecule has 0 saturated carbocycles. The molecule has 2 rings (SSSR count). The van der Waals surface area contributed by atoms with Crippen molar-refractivity contribution < 1.29 is 0 Å². The van der Waals surface area contributed by atoms with Crippen LogP contribution in [0.5, 0.6) is 0 Å². The van der Waals surface area contributed by atoms with E-state index in [9.17, 15) is 0 Å². The Bertz CT molecular complexity index is 485. The molecule has 0 bridgehead atoms. The number of hydrogen-bond acceptors (Lipinski definition) is 2. The van der Waals surface area contributed by atoms with E-state index in [1.807, 2.05) is 24.0 Å². The van der Waals surface area contributed by atoms with Gasteiger partial charge in [-0.15, -0.1) is 0 Å². The molecule has 1 aromatic carbocycles. The van der Waals surface area contributed by atoms with Crippen molar-refractivity contribution in [2.75, 3.05) is 6.54 Å². The van der Waals surface area contributed by atoms with E-state index < -0.39 is 0 Å². The van der Waals surface area contributed by atoms with E-state index in [1.54, 1.807) is 0 Å². The second-order valence-corrected chi connectivity index (χ2v) is 4.48. The molecule has 96 valence electrons. The second kappa shape index (κ2) is 5.83. The van der Waals surface area contributed by atoms with Gasteiger partial charge >= 0.3 is 0 Å². The van der Waals surface area contributed by atoms with Crippen LogP contribution in [0.15, 0.2) is 36.5 Å². The van der Waals surface area contributed by atoms with E-state index >= 15 is 0 Å². The monoisotopic (exact) mass is 243 g/mol. The molecule has 0 spiro atoms. The highest BCUT2D eigenvalue weighted by Crippen LogP contribution is 2.22. The van der Waals surface area contributed by atoms with Gasteiger partial charge in [-0.05, 0) is 30.2 Å². The van der Waals surface area contributed by atoms with Crippen LogP contribution >= 0.6 is 0 Å². The summed E-state index contributed by atoms with van der Waals surface area (Å²) in [6.45, 7) is 5.36. The van der Waals surface area contributed by atoms with Crippen LogP contribution in [-0.2, 0) is 7.05 Å². The number of nitrogens with zero attached hydrogens (tertiary/aromatic N) is 2. The summed E-state index contributed by atoms with van der Waals surface area (Å²) in [6.07, 6.45) is 2.94. The Kier molecular flexibility index (Phi) is 4.15. The molecule has 1 N–H and O–H groups in total. The lowest BCUT2D eigenvalue weighted by Crippen LogP contribution is -2.19. The molecule has 0 amide bonds. The lowest BCUT2D eigenvalue weighted by atomic mass is 10.0. The smallest absolute Gasteiger partial charge is 0.0678 e. The number of nitrogens with one attached hydrogen (secondary N) is 1. The van der Waals surface area contributed by atoms with Gasteiger partial charge in [-0.1, -0.05) is 38.1 Å². The molecule has 1 aromatic heterocycles. The van der Waals surface area contributed by atoms with E-state index in [2.05, 4.69) is 48.5 Å². The van der Waals surface area contributed by atoms with Gasteiger partial charge in [0.05, 0.1) is 5.69 Å². The first-order valence-electron chi connectivity index (χ1n) is 6.58. The molecule has 0 aliphatic rings. The number of benzene rings is 1. The molecular weight excluding hydrogens is 222 g/mol. The summed E-state index contributed by atoms with van der Waals surface area (Å²) >= 11 is 0. The molecule has 1 unspecified atom stereocenters. The largest absolute Gasteiger partial charge is 0.310 e. The fraction of sp³-hybridized carbons (Fsp3) is 0.400. The molecule has 0 aliphatic carbocycles. The van der Waals surface area contributed by atoms with Crippen LogP contribution in [0.1, 0.15) is 31.9 Å². The highest BCUT2D eigenvalue weighted by molar-refractivity contribution is 5.59. The molecule has 0 aliphatic heterocycles. The van der Waals surface area contributed by atoms with Crippen molar-refractivity contribution in [3.05, 3.63) is 42.1 Å². The summed E-state index contributed by atoms with van der Waals surface area (Å²) in [5, 5.41) is 7.70. The van der Waals surface area contributed by atoms with Crippen LogP contribution in [-0.4, -0.2) is 16.3 Å². The maximum Gasteiger partial charge on any atom is 0.0678 e. The Hall–Kier alpha value is -1.61. The third-order valence-corrected chi connectivity index (χ3v) is 3.29. The fourth-order valence-corrected chi connectivity index (χ4v) is 2.29. The minimum absolute atomic E-state index is 0.454. The molecule has 3 nitrogen and oxygen atoms in total. The third kappa shape index (κ3) is 2.62. The van der Waals surface area contributed by atoms with Gasteiger partial charge in [0.1, 0.15) is 0 Å². The van der Waals surface area contributed by atoms with Gasteiger partial charge in [-0.2, -0.15) is 5.10 Å². The SMILES string of the molecule is CCNC(CC)c1ccc(-c2ccnn2C)cc1. The lowest BCUT2D eigenvalue weighted by molar-refractivity contribution is 0.537. The van der Waals surface area contributed by atoms with Crippen molar-refractivity contribution >= 4 is 0 Å². The summed E-state index contributed by atoms with van der Waals surface area (Å²) in [5.41, 5.74) is 3.72. The van der Waals surface area contributed by atoms with Gasteiger partial charge in [0.15, 0.2) is 0 Å². The first-order chi connectivity index (χ1) is 8.76. The predicted octanol–water partition coefficient (Wildman–Crippen LogP) is 3.15. The van der Waals surface area contributed by atoms with Crippen molar-refractivity contribution in [3.8, 4) is 11.3 Å². The minimum Gasteiger partial charge on any atom is -0.310 e. The lowest BCUT2D eigenvalue weighted by Gasteiger charge is -2.16. The average molecular weight is 243 g/mol. The number of aryl methyl sites for hydroxylation is 1. The van der Waals surface area contributed by atoms with Crippen molar-refractivity contribution in [2.45, 2.75) is 26.3 Å². The Morgan fingerprint density at radius 2 is 1.89 bits per heavy atom. The van der Waals surface area contributed by atoms with E-state index in [1.165, 1.54) is 11.1 Å². The van der Waals surface area contributed by atoms with Crippen LogP contribution in [0.2, 0.25) is 0 Å². The Morgan fingerprint density at radius 3 is 2.39 bits per heavy atom. The van der Waals surface area contributed by atoms with Crippen LogP contribution < -0.4 is 5.32 Å². The van der Waals surface area contributed by atoms with E-state index in [-0.39, 0.29) is 0 Å². The molecule has 1 heterocycles. The Labute approximate surface area is 109 Å². The van der Waals surface area contributed by atoms with Gasteiger partial charge in [0.25, 0.3) is 0 Å². The quantitative estimate of drug-likeness (QED) is 0.874. The predicted molar refractivity (Wildman–Crippen MR) is 75.4 cm³/mol. The molecule has 2 aromatic rings. The van der Waals surface area contributed by atoms with E-state index in [0.717, 1.165) is 18.7 Å². The normalized spacial score (nSPS) is 12.6. The maximum atomic E-state index is 4.20. The summed E-state index contributed by atoms with van der Waals surface area (Å²) < 4.78 is 1.90. The van der Waals surface area contributed by atoms with Gasteiger partial charge in [0, 0.05) is 19.3 Å². The zero-order valence-electron chi connectivity index (χ0n) is 11.4. The average Bonchev–Trinajstić information content (AvgIpc) is 2.82. The summed E-state index contributed by atoms with van der Waals surface area (Å²) in [4.78, 5) is 0. The molecule has 0 saturated heterocycles. The van der Waals surface area contributed by atoms with Gasteiger partial charge in [-0.3, -0.25) is 4.68 Å². The van der Waals surface area contributed by atoms with E-state index in [0.29, 0.717) is 6.04 Å². The molecule has 0 fully saturated rings. The Balaban J connectivity index is 2.22. The van der Waals surface area contributed by atoms with Gasteiger partial charge in [0.2, 0.25) is 0 Å². The molecule has 18 heavy (non-hydrogen) atoms. The first-order valence-corrected chi connectivity index (χ1v) is 6.58. The minimum atomic E-state index is 0.454. The molecular formula is C15H21N3. The van der Waals surface area contributed by atoms with Crippen molar-refractivity contribution in [1.82, 2.24) is 15.1 Å². The number of aromatic nitrogens is 2. The van der Waals surface area contributed by atoms with Gasteiger partial charge < -0.3 is 5.32 Å². The van der Waals surface area contributed by atoms with Crippen LogP contribution in [0.4, 0.5) is 0 Å². The van der Waals surface area contributed by atoms with Crippen molar-refractivity contribution in [3.63, 3.8) is 0 Å². The standard InChI is InChI=1S/C15H21N3/c1-4-14(16-5-2)12-6-8-13(9-7-12)15-10-11-17-18(15)3/h6-11,14,16H,4-5H2,1-3H3. The van der Waals surface area contributed by atoms with Crippen LogP contribution in [0.25, 0.3) is 11.3 Å². The Morgan fingerprint density at radius 1 is 1.17 bits per heavy atom. The van der Waals surface area contributed by atoms with Crippen molar-refractivity contribution in [1.29, 1.82) is 0 Å². The van der Waals surface area contributed by atoms with Crippen molar-refractivity contribution in [2.24, 2.45) is 7.05 Å². The van der Waals surface area contributed by atoms with E-state index in [4.69, 9.17) is 0 Å². The molecule has 1 atom stereocenters. The maximum absolute atomic E-state index is 4.20. The summed E-state index contributed by atoms with van der Waals surface area (Å²) in [5.74, 6) is 0. The third-order valence-electron chi connectivity index (χ3n) is 3.29. The first kappa shape index (κ1) is 12.8. The summed E-state index contributed by atoms with van der Waals surface area (Å²) in [7, 11) is 1.97. The second-order valence-electron chi connectivity index (χ2n) is 4.48. The zero-order valence-corrected chi connectivity index (χ0v) is 11.4. The molecule has 0 radical (unpaired) electrons. The number of rotatable bonds is 5. The summed E-state index contributed by atoms with van der Waals surface area (Å²) in [6, 6.07) is 11.3. The highest BCUT2D eigenvalue weighted by atomic mass is 15.2. The van der Waals surface area contributed by atoms with Gasteiger partial charge in [-0.25, -0.2) is 0 Å². The van der Waals surface area contributed by atoms with Crippen LogP contribution in [0.3, 0.4) is 0 Å². The number of hydrogen-bond donors (Lipinski definition) is 1. The topological polar surface area (TPSA) is 29.9 Å².